The average molecular weight is 308 g/mol. The molecule has 2 amide bonds. The molecule has 1 aromatic carbocycles. The largest absolute Gasteiger partial charge is 0.336 e. The third kappa shape index (κ3) is 3.91. The van der Waals surface area contributed by atoms with Gasteiger partial charge in [0, 0.05) is 43.6 Å². The van der Waals surface area contributed by atoms with E-state index in [2.05, 4.69) is 25.6 Å². The quantitative estimate of drug-likeness (QED) is 0.756. The fourth-order valence-electron chi connectivity index (χ4n) is 2.10. The van der Waals surface area contributed by atoms with Crippen LogP contribution in [0.4, 0.5) is 10.5 Å². The van der Waals surface area contributed by atoms with Crippen LogP contribution in [0.15, 0.2) is 61.2 Å². The van der Waals surface area contributed by atoms with Gasteiger partial charge in [-0.25, -0.2) is 19.7 Å². The number of nitrogens with zero attached hydrogens (tertiary/aromatic N) is 4. The van der Waals surface area contributed by atoms with Crippen LogP contribution >= 0.6 is 0 Å². The Balaban J connectivity index is 1.54. The fraction of sp³-hybridized carbons (Fsp3) is 0.125. The molecule has 0 saturated carbocycles. The molecular weight excluding hydrogens is 292 g/mol. The number of benzene rings is 1. The number of nitrogens with one attached hydrogen (secondary N) is 2. The number of carbonyl (C=O) groups excluding carboxylic acids is 1. The molecule has 0 bridgehead atoms. The summed E-state index contributed by atoms with van der Waals surface area (Å²) in [5, 5.41) is 5.58. The van der Waals surface area contributed by atoms with Gasteiger partial charge in [0.1, 0.15) is 0 Å². The van der Waals surface area contributed by atoms with Crippen LogP contribution in [0.3, 0.4) is 0 Å². The molecule has 3 aromatic rings. The van der Waals surface area contributed by atoms with E-state index in [1.807, 2.05) is 41.1 Å². The number of carbonyl (C=O) groups is 1. The van der Waals surface area contributed by atoms with E-state index < -0.39 is 0 Å². The molecule has 2 heterocycles. The van der Waals surface area contributed by atoms with E-state index >= 15 is 0 Å². The van der Waals surface area contributed by atoms with Gasteiger partial charge in [0.05, 0.1) is 0 Å². The van der Waals surface area contributed by atoms with Crippen molar-refractivity contribution >= 4 is 11.7 Å². The highest BCUT2D eigenvalue weighted by Gasteiger charge is 2.08. The van der Waals surface area contributed by atoms with Crippen molar-refractivity contribution in [3.05, 3.63) is 61.2 Å². The van der Waals surface area contributed by atoms with Crippen molar-refractivity contribution in [1.82, 2.24) is 24.8 Å². The van der Waals surface area contributed by atoms with Crippen LogP contribution < -0.4 is 10.6 Å². The van der Waals surface area contributed by atoms with Crippen molar-refractivity contribution in [2.24, 2.45) is 0 Å². The summed E-state index contributed by atoms with van der Waals surface area (Å²) in [7, 11) is 0. The van der Waals surface area contributed by atoms with Gasteiger partial charge in [0.15, 0.2) is 11.6 Å². The molecule has 116 valence electrons. The zero-order valence-corrected chi connectivity index (χ0v) is 12.4. The van der Waals surface area contributed by atoms with Gasteiger partial charge in [0.2, 0.25) is 0 Å². The maximum Gasteiger partial charge on any atom is 0.319 e. The first-order valence-corrected chi connectivity index (χ1v) is 7.21. The molecule has 0 atom stereocenters. The molecule has 0 spiro atoms. The number of rotatable bonds is 5. The lowest BCUT2D eigenvalue weighted by molar-refractivity contribution is 0.251. The van der Waals surface area contributed by atoms with Crippen LogP contribution in [0.2, 0.25) is 0 Å². The predicted molar refractivity (Wildman–Crippen MR) is 86.7 cm³/mol. The number of anilines is 1. The molecule has 23 heavy (non-hydrogen) atoms. The Labute approximate surface area is 133 Å². The van der Waals surface area contributed by atoms with Gasteiger partial charge >= 0.3 is 6.03 Å². The highest BCUT2D eigenvalue weighted by atomic mass is 16.2. The minimum Gasteiger partial charge on any atom is -0.336 e. The van der Waals surface area contributed by atoms with E-state index in [1.165, 1.54) is 0 Å². The lowest BCUT2D eigenvalue weighted by atomic mass is 10.3. The molecule has 3 rings (SSSR count). The van der Waals surface area contributed by atoms with Gasteiger partial charge in [-0.1, -0.05) is 18.2 Å². The smallest absolute Gasteiger partial charge is 0.319 e. The third-order valence-electron chi connectivity index (χ3n) is 3.15. The van der Waals surface area contributed by atoms with E-state index in [4.69, 9.17) is 0 Å². The summed E-state index contributed by atoms with van der Waals surface area (Å²) in [5.74, 6) is 1.24. The Morgan fingerprint density at radius 1 is 1.00 bits per heavy atom. The van der Waals surface area contributed by atoms with E-state index in [1.54, 1.807) is 24.7 Å². The van der Waals surface area contributed by atoms with Gasteiger partial charge in [0.25, 0.3) is 0 Å². The van der Waals surface area contributed by atoms with Gasteiger partial charge in [-0.3, -0.25) is 0 Å². The van der Waals surface area contributed by atoms with E-state index in [9.17, 15) is 4.79 Å². The summed E-state index contributed by atoms with van der Waals surface area (Å²) < 4.78 is 1.90. The van der Waals surface area contributed by atoms with Crippen molar-refractivity contribution in [3.8, 4) is 11.6 Å². The molecule has 0 unspecified atom stereocenters. The second-order valence-electron chi connectivity index (χ2n) is 4.76. The highest BCUT2D eigenvalue weighted by Crippen LogP contribution is 2.10. The van der Waals surface area contributed by atoms with Gasteiger partial charge in [-0.05, 0) is 18.2 Å². The topological polar surface area (TPSA) is 84.7 Å². The molecule has 0 radical (unpaired) electrons. The van der Waals surface area contributed by atoms with Gasteiger partial charge in [-0.2, -0.15) is 0 Å². The molecule has 7 nitrogen and oxygen atoms in total. The Morgan fingerprint density at radius 3 is 2.57 bits per heavy atom. The van der Waals surface area contributed by atoms with E-state index in [0.717, 1.165) is 5.69 Å². The molecule has 0 aliphatic heterocycles. The van der Waals surface area contributed by atoms with Crippen molar-refractivity contribution < 1.29 is 4.79 Å². The summed E-state index contributed by atoms with van der Waals surface area (Å²) in [6.45, 7) is 1.05. The van der Waals surface area contributed by atoms with Crippen LogP contribution in [0, 0.1) is 0 Å². The first-order chi connectivity index (χ1) is 11.3. The third-order valence-corrected chi connectivity index (χ3v) is 3.15. The van der Waals surface area contributed by atoms with Crippen LogP contribution in [-0.2, 0) is 6.54 Å². The minimum atomic E-state index is -0.242. The maximum absolute atomic E-state index is 11.8. The van der Waals surface area contributed by atoms with Crippen LogP contribution in [0.5, 0.6) is 0 Å². The number of hydrogen-bond donors (Lipinski definition) is 2. The predicted octanol–water partition coefficient (Wildman–Crippen LogP) is 2.16. The molecule has 0 fully saturated rings. The summed E-state index contributed by atoms with van der Waals surface area (Å²) in [6.07, 6.45) is 6.87. The van der Waals surface area contributed by atoms with Gasteiger partial charge < -0.3 is 15.2 Å². The molecular formula is C16H16N6O. The molecule has 7 heteroatoms. The zero-order chi connectivity index (χ0) is 15.9. The Hall–Kier alpha value is -3.22. The number of para-hydroxylation sites is 1. The maximum atomic E-state index is 11.8. The van der Waals surface area contributed by atoms with Crippen molar-refractivity contribution in [2.45, 2.75) is 6.54 Å². The van der Waals surface area contributed by atoms with E-state index in [0.29, 0.717) is 24.7 Å². The number of urea groups is 1. The normalized spacial score (nSPS) is 10.3. The van der Waals surface area contributed by atoms with Crippen LogP contribution in [-0.4, -0.2) is 32.1 Å². The summed E-state index contributed by atoms with van der Waals surface area (Å²) in [5.41, 5.74) is 0.756. The standard InChI is InChI=1S/C16H16N6O/c23-16(21-13-5-2-1-3-6-13)20-10-12-22-11-9-19-15(22)14-17-7-4-8-18-14/h1-9,11H,10,12H2,(H2,20,21,23). The molecule has 0 aliphatic carbocycles. The second-order valence-corrected chi connectivity index (χ2v) is 4.76. The number of hydrogen-bond acceptors (Lipinski definition) is 4. The minimum absolute atomic E-state index is 0.242. The molecule has 2 aromatic heterocycles. The van der Waals surface area contributed by atoms with Crippen molar-refractivity contribution in [1.29, 1.82) is 0 Å². The zero-order valence-electron chi connectivity index (χ0n) is 12.4. The summed E-state index contributed by atoms with van der Waals surface area (Å²) >= 11 is 0. The van der Waals surface area contributed by atoms with Crippen molar-refractivity contribution in [2.75, 3.05) is 11.9 Å². The molecule has 2 N–H and O–H groups in total. The van der Waals surface area contributed by atoms with Crippen LogP contribution in [0.1, 0.15) is 0 Å². The first kappa shape index (κ1) is 14.7. The lowest BCUT2D eigenvalue weighted by Gasteiger charge is -2.09. The molecule has 0 aliphatic rings. The SMILES string of the molecule is O=C(NCCn1ccnc1-c1ncccn1)Nc1ccccc1. The fourth-order valence-corrected chi connectivity index (χ4v) is 2.10. The molecule has 0 saturated heterocycles. The Kier molecular flexibility index (Phi) is 4.58. The van der Waals surface area contributed by atoms with Crippen LogP contribution in [0.25, 0.3) is 11.6 Å². The number of amides is 2. The number of imidazole rings is 1. The first-order valence-electron chi connectivity index (χ1n) is 7.21. The Morgan fingerprint density at radius 2 is 1.78 bits per heavy atom. The second kappa shape index (κ2) is 7.17. The monoisotopic (exact) mass is 308 g/mol. The Bertz CT molecular complexity index is 757. The van der Waals surface area contributed by atoms with Gasteiger partial charge in [-0.15, -0.1) is 0 Å². The summed E-state index contributed by atoms with van der Waals surface area (Å²) in [6, 6.07) is 10.8. The van der Waals surface area contributed by atoms with E-state index in [-0.39, 0.29) is 6.03 Å². The average Bonchev–Trinajstić information content (AvgIpc) is 3.05. The van der Waals surface area contributed by atoms with Crippen molar-refractivity contribution in [3.63, 3.8) is 0 Å². The lowest BCUT2D eigenvalue weighted by Crippen LogP contribution is -2.31. The highest BCUT2D eigenvalue weighted by molar-refractivity contribution is 5.89. The number of aromatic nitrogens is 4. The summed E-state index contributed by atoms with van der Waals surface area (Å²) in [4.78, 5) is 24.5.